The molecule has 1 aromatic carbocycles. The van der Waals surface area contributed by atoms with Gasteiger partial charge in [0.2, 0.25) is 5.95 Å². The number of hydrogen-bond donors (Lipinski definition) is 2. The van der Waals surface area contributed by atoms with E-state index in [1.54, 1.807) is 18.5 Å². The molecule has 1 atom stereocenters. The molecule has 2 aliphatic heterocycles. The number of β-amino-alcohol motifs (C(OH)–C–C–N with tert-alkyl or cyclic N) is 1. The zero-order valence-electron chi connectivity index (χ0n) is 19.4. The molecule has 0 unspecified atom stereocenters. The second kappa shape index (κ2) is 11.6. The molecule has 0 saturated carbocycles. The third kappa shape index (κ3) is 6.77. The predicted molar refractivity (Wildman–Crippen MR) is 126 cm³/mol. The van der Waals surface area contributed by atoms with Crippen molar-refractivity contribution in [2.24, 2.45) is 0 Å². The highest BCUT2D eigenvalue weighted by atomic mass is 16.5. The van der Waals surface area contributed by atoms with Crippen molar-refractivity contribution < 1.29 is 19.3 Å². The van der Waals surface area contributed by atoms with Crippen molar-refractivity contribution in [3.05, 3.63) is 42.2 Å². The molecule has 0 aliphatic carbocycles. The fourth-order valence-electron chi connectivity index (χ4n) is 4.22. The van der Waals surface area contributed by atoms with Crippen LogP contribution >= 0.6 is 0 Å². The topological polar surface area (TPSA) is 92.2 Å². The minimum absolute atomic E-state index is 0.498. The summed E-state index contributed by atoms with van der Waals surface area (Å²) in [6.45, 7) is 9.93. The molecule has 2 saturated heterocycles. The number of aliphatic hydroxyl groups is 1. The van der Waals surface area contributed by atoms with Crippen LogP contribution in [-0.2, 0) is 11.3 Å². The normalized spacial score (nSPS) is 21.3. The van der Waals surface area contributed by atoms with E-state index in [9.17, 15) is 5.11 Å². The lowest BCUT2D eigenvalue weighted by Crippen LogP contribution is -2.43. The molecule has 2 N–H and O–H groups in total. The molecule has 4 rings (SSSR count). The van der Waals surface area contributed by atoms with E-state index in [1.165, 1.54) is 0 Å². The summed E-state index contributed by atoms with van der Waals surface area (Å²) in [4.78, 5) is 12.9. The average molecular weight is 458 g/mol. The maximum Gasteiger partial charge on any atom is 0.225 e. The largest absolute Gasteiger partial charge is 0.490 e. The van der Waals surface area contributed by atoms with Gasteiger partial charge in [-0.3, -0.25) is 4.90 Å². The van der Waals surface area contributed by atoms with E-state index in [0.29, 0.717) is 45.2 Å². The molecule has 180 valence electrons. The minimum atomic E-state index is -0.801. The second-order valence-corrected chi connectivity index (χ2v) is 8.56. The molecule has 0 radical (unpaired) electrons. The molecule has 0 bridgehead atoms. The first-order chi connectivity index (χ1) is 16.1. The molecule has 0 spiro atoms. The third-order valence-corrected chi connectivity index (χ3v) is 6.03. The summed E-state index contributed by atoms with van der Waals surface area (Å²) in [5, 5.41) is 14.4. The maximum absolute atomic E-state index is 11.0. The Labute approximate surface area is 195 Å². The number of nitrogens with one attached hydrogen (secondary N) is 1. The fourth-order valence-corrected chi connectivity index (χ4v) is 4.22. The zero-order valence-corrected chi connectivity index (χ0v) is 19.4. The van der Waals surface area contributed by atoms with Gasteiger partial charge in [0.25, 0.3) is 0 Å². The first kappa shape index (κ1) is 23.7. The number of rotatable bonds is 11. The molecule has 2 aromatic rings. The number of ether oxygens (including phenoxy) is 3. The highest BCUT2D eigenvalue weighted by Crippen LogP contribution is 2.29. The quantitative estimate of drug-likeness (QED) is 0.518. The van der Waals surface area contributed by atoms with Gasteiger partial charge in [0, 0.05) is 51.7 Å². The number of hydrogen-bond acceptors (Lipinski definition) is 9. The molecule has 9 heteroatoms. The summed E-state index contributed by atoms with van der Waals surface area (Å²) in [6.07, 6.45) is 4.13. The van der Waals surface area contributed by atoms with Crippen LogP contribution in [-0.4, -0.2) is 91.3 Å². The van der Waals surface area contributed by atoms with Crippen LogP contribution in [0.3, 0.4) is 0 Å². The lowest BCUT2D eigenvalue weighted by molar-refractivity contribution is 0.0320. The van der Waals surface area contributed by atoms with Crippen molar-refractivity contribution in [3.63, 3.8) is 0 Å². The van der Waals surface area contributed by atoms with Crippen LogP contribution in [0.5, 0.6) is 11.5 Å². The maximum atomic E-state index is 11.0. The van der Waals surface area contributed by atoms with Gasteiger partial charge in [0.05, 0.1) is 32.0 Å². The van der Waals surface area contributed by atoms with Crippen LogP contribution in [0.2, 0.25) is 0 Å². The number of morpholine rings is 1. The van der Waals surface area contributed by atoms with Crippen LogP contribution < -0.4 is 19.7 Å². The first-order valence-electron chi connectivity index (χ1n) is 11.8. The van der Waals surface area contributed by atoms with Crippen molar-refractivity contribution >= 4 is 5.95 Å². The number of nitrogens with zero attached hydrogens (tertiary/aromatic N) is 4. The van der Waals surface area contributed by atoms with E-state index in [1.807, 2.05) is 30.0 Å². The lowest BCUT2D eigenvalue weighted by atomic mass is 10.0. The molecule has 0 amide bonds. The third-order valence-electron chi connectivity index (χ3n) is 6.03. The van der Waals surface area contributed by atoms with E-state index >= 15 is 0 Å². The van der Waals surface area contributed by atoms with E-state index in [-0.39, 0.29) is 0 Å². The van der Waals surface area contributed by atoms with Crippen molar-refractivity contribution in [2.45, 2.75) is 25.5 Å². The molecular weight excluding hydrogens is 422 g/mol. The van der Waals surface area contributed by atoms with Crippen LogP contribution in [0.4, 0.5) is 5.95 Å². The predicted octanol–water partition coefficient (Wildman–Crippen LogP) is 1.32. The minimum Gasteiger partial charge on any atom is -0.490 e. The second-order valence-electron chi connectivity index (χ2n) is 8.56. The number of benzene rings is 1. The van der Waals surface area contributed by atoms with E-state index in [0.717, 1.165) is 56.5 Å². The van der Waals surface area contributed by atoms with Crippen molar-refractivity contribution in [1.29, 1.82) is 0 Å². The average Bonchev–Trinajstić information content (AvgIpc) is 3.24. The fraction of sp³-hybridized carbons (Fsp3) is 0.583. The summed E-state index contributed by atoms with van der Waals surface area (Å²) in [5.74, 6) is 2.19. The molecular formula is C24H35N5O4. The Kier molecular flexibility index (Phi) is 8.33. The van der Waals surface area contributed by atoms with Crippen LogP contribution in [0.15, 0.2) is 36.7 Å². The van der Waals surface area contributed by atoms with Crippen LogP contribution in [0.25, 0.3) is 0 Å². The van der Waals surface area contributed by atoms with E-state index < -0.39 is 5.60 Å². The highest BCUT2D eigenvalue weighted by Gasteiger charge is 2.36. The Morgan fingerprint density at radius 2 is 1.94 bits per heavy atom. The van der Waals surface area contributed by atoms with Crippen molar-refractivity contribution in [2.75, 3.05) is 70.6 Å². The van der Waals surface area contributed by atoms with Gasteiger partial charge in [-0.2, -0.15) is 0 Å². The summed E-state index contributed by atoms with van der Waals surface area (Å²) in [7, 11) is 0. The number of aromatic nitrogens is 2. The molecule has 33 heavy (non-hydrogen) atoms. The van der Waals surface area contributed by atoms with Gasteiger partial charge < -0.3 is 29.5 Å². The van der Waals surface area contributed by atoms with Gasteiger partial charge in [-0.05, 0) is 37.1 Å². The van der Waals surface area contributed by atoms with Gasteiger partial charge in [-0.1, -0.05) is 6.07 Å². The molecule has 1 aromatic heterocycles. The molecule has 2 fully saturated rings. The Hall–Kier alpha value is -2.46. The Balaban J connectivity index is 1.26. The van der Waals surface area contributed by atoms with Gasteiger partial charge in [0.15, 0.2) is 11.5 Å². The number of anilines is 1. The Bertz CT molecular complexity index is 865. The zero-order chi connectivity index (χ0) is 22.9. The summed E-state index contributed by atoms with van der Waals surface area (Å²) in [5.41, 5.74) is 0.286. The summed E-state index contributed by atoms with van der Waals surface area (Å²) in [6, 6.07) is 7.83. The molecule has 9 nitrogen and oxygen atoms in total. The van der Waals surface area contributed by atoms with Crippen molar-refractivity contribution in [1.82, 2.24) is 20.2 Å². The van der Waals surface area contributed by atoms with Crippen LogP contribution in [0, 0.1) is 0 Å². The smallest absolute Gasteiger partial charge is 0.225 e. The first-order valence-corrected chi connectivity index (χ1v) is 11.8. The lowest BCUT2D eigenvalue weighted by Gasteiger charge is -2.26. The highest BCUT2D eigenvalue weighted by molar-refractivity contribution is 5.43. The van der Waals surface area contributed by atoms with Gasteiger partial charge in [-0.15, -0.1) is 0 Å². The van der Waals surface area contributed by atoms with Crippen LogP contribution in [0.1, 0.15) is 18.9 Å². The SMILES string of the molecule is CCOc1cc(CNC[C@@]2(O)CCN(c3ncccn3)C2)ccc1OCCN1CCOCC1. The summed E-state index contributed by atoms with van der Waals surface area (Å²) < 4.78 is 17.2. The van der Waals surface area contributed by atoms with Gasteiger partial charge in [-0.25, -0.2) is 9.97 Å². The van der Waals surface area contributed by atoms with E-state index in [4.69, 9.17) is 14.2 Å². The monoisotopic (exact) mass is 457 g/mol. The Morgan fingerprint density at radius 1 is 1.12 bits per heavy atom. The van der Waals surface area contributed by atoms with Gasteiger partial charge in [0.1, 0.15) is 6.61 Å². The molecule has 3 heterocycles. The Morgan fingerprint density at radius 3 is 2.73 bits per heavy atom. The standard InChI is InChI=1S/C24H35N5O4/c1-2-32-22-16-20(4-5-21(22)33-15-12-28-10-13-31-14-11-28)17-25-18-24(30)6-9-29(19-24)23-26-7-3-8-27-23/h3-5,7-8,16,25,30H,2,6,9-15,17-19H2,1H3/t24-/m0/s1. The summed E-state index contributed by atoms with van der Waals surface area (Å²) >= 11 is 0. The van der Waals surface area contributed by atoms with Crippen molar-refractivity contribution in [3.8, 4) is 11.5 Å². The van der Waals surface area contributed by atoms with E-state index in [2.05, 4.69) is 20.2 Å². The molecule has 2 aliphatic rings. The van der Waals surface area contributed by atoms with Gasteiger partial charge >= 0.3 is 0 Å².